The van der Waals surface area contributed by atoms with Crippen LogP contribution >= 0.6 is 11.6 Å². The Morgan fingerprint density at radius 1 is 1.40 bits per heavy atom. The number of nitrogens with two attached hydrogens (primary N) is 1. The summed E-state index contributed by atoms with van der Waals surface area (Å²) in [5.74, 6) is -1.27. The molecule has 5 nitrogen and oxygen atoms in total. The van der Waals surface area contributed by atoms with Gasteiger partial charge in [-0.15, -0.1) is 0 Å². The second-order valence-corrected chi connectivity index (χ2v) is 4.21. The van der Waals surface area contributed by atoms with Crippen molar-refractivity contribution in [3.8, 4) is 11.5 Å². The molecule has 0 radical (unpaired) electrons. The van der Waals surface area contributed by atoms with E-state index >= 15 is 0 Å². The van der Waals surface area contributed by atoms with Crippen LogP contribution in [-0.4, -0.2) is 17.9 Å². The summed E-state index contributed by atoms with van der Waals surface area (Å²) >= 11 is 5.94. The van der Waals surface area contributed by atoms with Gasteiger partial charge in [-0.2, -0.15) is 0 Å². The lowest BCUT2D eigenvalue weighted by atomic mass is 10.3. The Balaban J connectivity index is 2.35. The predicted molar refractivity (Wildman–Crippen MR) is 73.8 cm³/mol. The zero-order valence-corrected chi connectivity index (χ0v) is 11.2. The zero-order chi connectivity index (χ0) is 14.7. The molecule has 2 rings (SSSR count). The van der Waals surface area contributed by atoms with Gasteiger partial charge in [0.15, 0.2) is 11.6 Å². The highest BCUT2D eigenvalue weighted by Crippen LogP contribution is 2.32. The number of carbonyl (C=O) groups excluding carboxylic acids is 1. The van der Waals surface area contributed by atoms with E-state index in [4.69, 9.17) is 22.1 Å². The summed E-state index contributed by atoms with van der Waals surface area (Å²) in [6.07, 6.45) is 1.31. The van der Waals surface area contributed by atoms with Crippen LogP contribution in [0.25, 0.3) is 0 Å². The van der Waals surface area contributed by atoms with Gasteiger partial charge in [0.25, 0.3) is 5.91 Å². The molecule has 104 valence electrons. The minimum Gasteiger partial charge on any atom is -0.453 e. The lowest BCUT2D eigenvalue weighted by molar-refractivity contribution is 0.0995. The molecule has 1 aromatic carbocycles. The molecule has 0 saturated heterocycles. The number of carbonyl (C=O) groups is 1. The quantitative estimate of drug-likeness (QED) is 0.909. The SMILES string of the molecule is CNc1ccc(Oc2ccnc(C(N)=O)c2Cl)c(F)c1. The van der Waals surface area contributed by atoms with E-state index in [1.54, 1.807) is 13.1 Å². The molecule has 0 atom stereocenters. The third kappa shape index (κ3) is 2.80. The molecule has 0 unspecified atom stereocenters. The third-order valence-corrected chi connectivity index (χ3v) is 2.89. The second-order valence-electron chi connectivity index (χ2n) is 3.83. The van der Waals surface area contributed by atoms with Crippen LogP contribution in [0.15, 0.2) is 30.5 Å². The fourth-order valence-corrected chi connectivity index (χ4v) is 1.78. The van der Waals surface area contributed by atoms with Gasteiger partial charge in [0.1, 0.15) is 16.5 Å². The molecule has 1 amide bonds. The van der Waals surface area contributed by atoms with Crippen molar-refractivity contribution < 1.29 is 13.9 Å². The van der Waals surface area contributed by atoms with E-state index in [0.29, 0.717) is 5.69 Å². The number of rotatable bonds is 4. The Labute approximate surface area is 119 Å². The van der Waals surface area contributed by atoms with E-state index < -0.39 is 11.7 Å². The number of ether oxygens (including phenoxy) is 1. The number of benzene rings is 1. The standard InChI is InChI=1S/C13H11ClFN3O2/c1-17-7-2-3-9(8(15)6-7)20-10-4-5-18-12(11(10)14)13(16)19/h2-6,17H,1H3,(H2,16,19). The summed E-state index contributed by atoms with van der Waals surface area (Å²) in [6, 6.07) is 5.78. The maximum atomic E-state index is 13.8. The van der Waals surface area contributed by atoms with Crippen LogP contribution < -0.4 is 15.8 Å². The van der Waals surface area contributed by atoms with Gasteiger partial charge in [-0.1, -0.05) is 11.6 Å². The van der Waals surface area contributed by atoms with E-state index in [2.05, 4.69) is 10.3 Å². The van der Waals surface area contributed by atoms with Crippen LogP contribution in [0.3, 0.4) is 0 Å². The Bertz CT molecular complexity index is 664. The van der Waals surface area contributed by atoms with Gasteiger partial charge in [-0.25, -0.2) is 9.37 Å². The molecule has 3 N–H and O–H groups in total. The second kappa shape index (κ2) is 5.75. The lowest BCUT2D eigenvalue weighted by Crippen LogP contribution is -2.13. The topological polar surface area (TPSA) is 77.2 Å². The number of halogens is 2. The number of amides is 1. The zero-order valence-electron chi connectivity index (χ0n) is 10.5. The molecule has 0 aliphatic rings. The smallest absolute Gasteiger partial charge is 0.268 e. The third-order valence-electron chi connectivity index (χ3n) is 2.53. The molecule has 1 aromatic heterocycles. The van der Waals surface area contributed by atoms with E-state index in [1.807, 2.05) is 0 Å². The highest BCUT2D eigenvalue weighted by molar-refractivity contribution is 6.34. The van der Waals surface area contributed by atoms with Crippen molar-refractivity contribution in [2.75, 3.05) is 12.4 Å². The van der Waals surface area contributed by atoms with E-state index in [0.717, 1.165) is 0 Å². The number of nitrogens with one attached hydrogen (secondary N) is 1. The fourth-order valence-electron chi connectivity index (χ4n) is 1.53. The van der Waals surface area contributed by atoms with Gasteiger partial charge in [0, 0.05) is 31.1 Å². The Kier molecular flexibility index (Phi) is 4.05. The number of anilines is 1. The first-order valence-electron chi connectivity index (χ1n) is 5.62. The minimum absolute atomic E-state index is 0.0208. The molecule has 0 spiro atoms. The monoisotopic (exact) mass is 295 g/mol. The highest BCUT2D eigenvalue weighted by atomic mass is 35.5. The highest BCUT2D eigenvalue weighted by Gasteiger charge is 2.15. The summed E-state index contributed by atoms with van der Waals surface area (Å²) in [5, 5.41) is 2.74. The molecule has 0 saturated carbocycles. The van der Waals surface area contributed by atoms with Crippen molar-refractivity contribution in [1.29, 1.82) is 0 Å². The van der Waals surface area contributed by atoms with Gasteiger partial charge in [-0.3, -0.25) is 4.79 Å². The first-order chi connectivity index (χ1) is 9.52. The molecule has 0 bridgehead atoms. The summed E-state index contributed by atoms with van der Waals surface area (Å²) in [4.78, 5) is 14.9. The first kappa shape index (κ1) is 14.1. The molecule has 2 aromatic rings. The summed E-state index contributed by atoms with van der Waals surface area (Å²) in [6.45, 7) is 0. The Morgan fingerprint density at radius 3 is 2.75 bits per heavy atom. The predicted octanol–water partition coefficient (Wildman–Crippen LogP) is 2.81. The number of pyridine rings is 1. The number of hydrogen-bond donors (Lipinski definition) is 2. The van der Waals surface area contributed by atoms with Crippen LogP contribution in [0.4, 0.5) is 10.1 Å². The molecule has 20 heavy (non-hydrogen) atoms. The number of nitrogens with zero attached hydrogens (tertiary/aromatic N) is 1. The van der Waals surface area contributed by atoms with Crippen molar-refractivity contribution >= 4 is 23.2 Å². The van der Waals surface area contributed by atoms with Gasteiger partial charge in [0.2, 0.25) is 0 Å². The van der Waals surface area contributed by atoms with E-state index in [-0.39, 0.29) is 22.2 Å². The largest absolute Gasteiger partial charge is 0.453 e. The van der Waals surface area contributed by atoms with Crippen molar-refractivity contribution in [3.05, 3.63) is 47.0 Å². The molecule has 0 aliphatic heterocycles. The molecular formula is C13H11ClFN3O2. The van der Waals surface area contributed by atoms with Gasteiger partial charge in [-0.05, 0) is 12.1 Å². The Hall–Kier alpha value is -2.34. The van der Waals surface area contributed by atoms with Crippen LogP contribution in [0, 0.1) is 5.82 Å². The molecule has 0 fully saturated rings. The first-order valence-corrected chi connectivity index (χ1v) is 6.00. The average molecular weight is 296 g/mol. The van der Waals surface area contributed by atoms with E-state index in [1.165, 1.54) is 24.4 Å². The Morgan fingerprint density at radius 2 is 2.15 bits per heavy atom. The molecular weight excluding hydrogens is 285 g/mol. The van der Waals surface area contributed by atoms with Crippen molar-refractivity contribution in [3.63, 3.8) is 0 Å². The van der Waals surface area contributed by atoms with Crippen LogP contribution in [-0.2, 0) is 0 Å². The molecule has 7 heteroatoms. The maximum absolute atomic E-state index is 13.8. The average Bonchev–Trinajstić information content (AvgIpc) is 2.42. The summed E-state index contributed by atoms with van der Waals surface area (Å²) in [7, 11) is 1.67. The van der Waals surface area contributed by atoms with Crippen LogP contribution in [0.2, 0.25) is 5.02 Å². The number of aromatic nitrogens is 1. The maximum Gasteiger partial charge on any atom is 0.268 e. The van der Waals surface area contributed by atoms with Crippen LogP contribution in [0.5, 0.6) is 11.5 Å². The van der Waals surface area contributed by atoms with Crippen molar-refractivity contribution in [2.24, 2.45) is 5.73 Å². The van der Waals surface area contributed by atoms with Gasteiger partial charge in [0.05, 0.1) is 0 Å². The van der Waals surface area contributed by atoms with Gasteiger partial charge < -0.3 is 15.8 Å². The minimum atomic E-state index is -0.786. The molecule has 0 aliphatic carbocycles. The van der Waals surface area contributed by atoms with Crippen LogP contribution in [0.1, 0.15) is 10.5 Å². The van der Waals surface area contributed by atoms with E-state index in [9.17, 15) is 9.18 Å². The fraction of sp³-hybridized carbons (Fsp3) is 0.0769. The number of primary amides is 1. The summed E-state index contributed by atoms with van der Waals surface area (Å²) < 4.78 is 19.1. The van der Waals surface area contributed by atoms with Crippen molar-refractivity contribution in [1.82, 2.24) is 4.98 Å². The molecule has 1 heterocycles. The lowest BCUT2D eigenvalue weighted by Gasteiger charge is -2.10. The normalized spacial score (nSPS) is 10.2. The van der Waals surface area contributed by atoms with Crippen molar-refractivity contribution in [2.45, 2.75) is 0 Å². The van der Waals surface area contributed by atoms with Gasteiger partial charge >= 0.3 is 0 Å². The summed E-state index contributed by atoms with van der Waals surface area (Å²) in [5.41, 5.74) is 5.60. The number of hydrogen-bond acceptors (Lipinski definition) is 4.